The molecule has 2 rings (SSSR count). The van der Waals surface area contributed by atoms with Crippen LogP contribution in [-0.4, -0.2) is 29.6 Å². The molecule has 0 bridgehead atoms. The summed E-state index contributed by atoms with van der Waals surface area (Å²) in [5, 5.41) is 3.65. The van der Waals surface area contributed by atoms with E-state index in [0.717, 1.165) is 13.1 Å². The minimum absolute atomic E-state index is 0.220. The van der Waals surface area contributed by atoms with Crippen LogP contribution in [0.15, 0.2) is 24.3 Å². The van der Waals surface area contributed by atoms with E-state index in [1.165, 1.54) is 30.5 Å². The molecule has 0 aromatic heterocycles. The van der Waals surface area contributed by atoms with Gasteiger partial charge in [-0.3, -0.25) is 4.90 Å². The number of benzene rings is 1. The Kier molecular flexibility index (Phi) is 4.64. The average molecular weight is 260 g/mol. The maximum Gasteiger partial charge on any atom is 0.0237 e. The number of aryl methyl sites for hydroxylation is 1. The van der Waals surface area contributed by atoms with Crippen molar-refractivity contribution in [1.82, 2.24) is 10.2 Å². The number of hydrogen-bond donors (Lipinski definition) is 1. The maximum absolute atomic E-state index is 3.65. The summed E-state index contributed by atoms with van der Waals surface area (Å²) in [4.78, 5) is 2.63. The normalized spacial score (nSPS) is 20.9. The molecule has 1 aliphatic heterocycles. The third kappa shape index (κ3) is 4.63. The number of nitrogens with zero attached hydrogens (tertiary/aromatic N) is 1. The van der Waals surface area contributed by atoms with E-state index < -0.39 is 0 Å². The van der Waals surface area contributed by atoms with Gasteiger partial charge in [-0.2, -0.15) is 0 Å². The molecule has 0 amide bonds. The summed E-state index contributed by atoms with van der Waals surface area (Å²) in [6.07, 6.45) is 2.66. The lowest BCUT2D eigenvalue weighted by Gasteiger charge is -2.29. The molecule has 0 spiro atoms. The Hall–Kier alpha value is -0.860. The largest absolute Gasteiger partial charge is 0.311 e. The molecule has 1 saturated heterocycles. The molecule has 0 radical (unpaired) electrons. The van der Waals surface area contributed by atoms with Gasteiger partial charge in [-0.25, -0.2) is 0 Å². The Morgan fingerprint density at radius 3 is 2.53 bits per heavy atom. The fourth-order valence-electron chi connectivity index (χ4n) is 2.69. The Labute approximate surface area is 118 Å². The lowest BCUT2D eigenvalue weighted by Crippen LogP contribution is -2.44. The smallest absolute Gasteiger partial charge is 0.0237 e. The summed E-state index contributed by atoms with van der Waals surface area (Å²) in [6, 6.07) is 9.66. The molecule has 106 valence electrons. The van der Waals surface area contributed by atoms with Crippen molar-refractivity contribution in [2.24, 2.45) is 0 Å². The molecule has 1 N–H and O–H groups in total. The standard InChI is InChI=1S/C17H28N2/c1-14-7-9-15(10-8-14)13-19-11-5-6-16(19)12-18-17(2,3)4/h7-10,16,18H,5-6,11-13H2,1-4H3. The van der Waals surface area contributed by atoms with Crippen LogP contribution in [0.1, 0.15) is 44.7 Å². The molecule has 1 unspecified atom stereocenters. The monoisotopic (exact) mass is 260 g/mol. The fraction of sp³-hybridized carbons (Fsp3) is 0.647. The van der Waals surface area contributed by atoms with Crippen LogP contribution in [0, 0.1) is 6.92 Å². The Bertz CT molecular complexity index is 389. The number of rotatable bonds is 4. The van der Waals surface area contributed by atoms with Gasteiger partial charge in [0.2, 0.25) is 0 Å². The van der Waals surface area contributed by atoms with Crippen molar-refractivity contribution in [2.75, 3.05) is 13.1 Å². The van der Waals surface area contributed by atoms with Crippen molar-refractivity contribution in [2.45, 2.75) is 58.7 Å². The van der Waals surface area contributed by atoms with Gasteiger partial charge in [0.1, 0.15) is 0 Å². The van der Waals surface area contributed by atoms with Gasteiger partial charge in [-0.15, -0.1) is 0 Å². The molecule has 0 aliphatic carbocycles. The second-order valence-corrected chi connectivity index (χ2v) is 6.88. The van der Waals surface area contributed by atoms with Crippen molar-refractivity contribution < 1.29 is 0 Å². The van der Waals surface area contributed by atoms with E-state index in [9.17, 15) is 0 Å². The highest BCUT2D eigenvalue weighted by molar-refractivity contribution is 5.21. The van der Waals surface area contributed by atoms with Crippen LogP contribution in [0.25, 0.3) is 0 Å². The van der Waals surface area contributed by atoms with Gasteiger partial charge < -0.3 is 5.32 Å². The third-order valence-electron chi connectivity index (χ3n) is 3.87. The number of hydrogen-bond acceptors (Lipinski definition) is 2. The van der Waals surface area contributed by atoms with Gasteiger partial charge >= 0.3 is 0 Å². The Balaban J connectivity index is 1.90. The van der Waals surface area contributed by atoms with Crippen LogP contribution in [-0.2, 0) is 6.54 Å². The topological polar surface area (TPSA) is 15.3 Å². The van der Waals surface area contributed by atoms with Crippen molar-refractivity contribution in [3.8, 4) is 0 Å². The molecule has 1 fully saturated rings. The number of nitrogens with one attached hydrogen (secondary N) is 1. The Morgan fingerprint density at radius 2 is 1.89 bits per heavy atom. The molecule has 19 heavy (non-hydrogen) atoms. The van der Waals surface area contributed by atoms with Crippen LogP contribution in [0.2, 0.25) is 0 Å². The third-order valence-corrected chi connectivity index (χ3v) is 3.87. The number of likely N-dealkylation sites (tertiary alicyclic amines) is 1. The quantitative estimate of drug-likeness (QED) is 0.893. The molecular formula is C17H28N2. The summed E-state index contributed by atoms with van der Waals surface area (Å²) in [6.45, 7) is 12.3. The van der Waals surface area contributed by atoms with E-state index >= 15 is 0 Å². The lowest BCUT2D eigenvalue weighted by molar-refractivity contribution is 0.226. The second-order valence-electron chi connectivity index (χ2n) is 6.88. The second kappa shape index (κ2) is 6.06. The first kappa shape index (κ1) is 14.5. The molecule has 1 atom stereocenters. The zero-order chi connectivity index (χ0) is 13.9. The molecule has 1 aromatic rings. The molecule has 2 heteroatoms. The average Bonchev–Trinajstić information content (AvgIpc) is 2.76. The van der Waals surface area contributed by atoms with Crippen molar-refractivity contribution in [3.05, 3.63) is 35.4 Å². The lowest BCUT2D eigenvalue weighted by atomic mass is 10.1. The molecule has 0 saturated carbocycles. The zero-order valence-electron chi connectivity index (χ0n) is 12.9. The van der Waals surface area contributed by atoms with Crippen molar-refractivity contribution >= 4 is 0 Å². The summed E-state index contributed by atoms with van der Waals surface area (Å²) in [7, 11) is 0. The summed E-state index contributed by atoms with van der Waals surface area (Å²) in [5.74, 6) is 0. The highest BCUT2D eigenvalue weighted by atomic mass is 15.2. The summed E-state index contributed by atoms with van der Waals surface area (Å²) < 4.78 is 0. The first-order valence-electron chi connectivity index (χ1n) is 7.49. The van der Waals surface area contributed by atoms with E-state index in [2.05, 4.69) is 62.2 Å². The van der Waals surface area contributed by atoms with Gasteiger partial charge in [0.25, 0.3) is 0 Å². The van der Waals surface area contributed by atoms with Crippen LogP contribution in [0.4, 0.5) is 0 Å². The SMILES string of the molecule is Cc1ccc(CN2CCCC2CNC(C)(C)C)cc1. The highest BCUT2D eigenvalue weighted by Crippen LogP contribution is 2.20. The minimum Gasteiger partial charge on any atom is -0.311 e. The van der Waals surface area contributed by atoms with Crippen LogP contribution >= 0.6 is 0 Å². The molecule has 1 aromatic carbocycles. The highest BCUT2D eigenvalue weighted by Gasteiger charge is 2.25. The molecular weight excluding hydrogens is 232 g/mol. The first-order chi connectivity index (χ1) is 8.94. The van der Waals surface area contributed by atoms with E-state index in [-0.39, 0.29) is 5.54 Å². The van der Waals surface area contributed by atoms with Crippen molar-refractivity contribution in [3.63, 3.8) is 0 Å². The predicted octanol–water partition coefficient (Wildman–Crippen LogP) is 3.35. The van der Waals surface area contributed by atoms with Gasteiger partial charge in [-0.05, 0) is 52.6 Å². The Morgan fingerprint density at radius 1 is 1.21 bits per heavy atom. The van der Waals surface area contributed by atoms with Gasteiger partial charge in [0.15, 0.2) is 0 Å². The molecule has 1 aliphatic rings. The molecule has 2 nitrogen and oxygen atoms in total. The maximum atomic E-state index is 3.65. The van der Waals surface area contributed by atoms with E-state index in [1.54, 1.807) is 0 Å². The van der Waals surface area contributed by atoms with Gasteiger partial charge in [0.05, 0.1) is 0 Å². The summed E-state index contributed by atoms with van der Waals surface area (Å²) in [5.41, 5.74) is 3.00. The van der Waals surface area contributed by atoms with Gasteiger partial charge in [0, 0.05) is 24.7 Å². The van der Waals surface area contributed by atoms with E-state index in [0.29, 0.717) is 6.04 Å². The predicted molar refractivity (Wildman–Crippen MR) is 82.4 cm³/mol. The van der Waals surface area contributed by atoms with Crippen molar-refractivity contribution in [1.29, 1.82) is 0 Å². The van der Waals surface area contributed by atoms with Crippen LogP contribution in [0.3, 0.4) is 0 Å². The van der Waals surface area contributed by atoms with Gasteiger partial charge in [-0.1, -0.05) is 29.8 Å². The van der Waals surface area contributed by atoms with Crippen LogP contribution < -0.4 is 5.32 Å². The minimum atomic E-state index is 0.220. The fourth-order valence-corrected chi connectivity index (χ4v) is 2.69. The van der Waals surface area contributed by atoms with E-state index in [4.69, 9.17) is 0 Å². The van der Waals surface area contributed by atoms with Crippen LogP contribution in [0.5, 0.6) is 0 Å². The summed E-state index contributed by atoms with van der Waals surface area (Å²) >= 11 is 0. The first-order valence-corrected chi connectivity index (χ1v) is 7.49. The van der Waals surface area contributed by atoms with E-state index in [1.807, 2.05) is 0 Å². The molecule has 1 heterocycles. The zero-order valence-corrected chi connectivity index (χ0v) is 12.9.